The van der Waals surface area contributed by atoms with Gasteiger partial charge in [0.1, 0.15) is 0 Å². The van der Waals surface area contributed by atoms with Crippen molar-refractivity contribution in [1.82, 2.24) is 4.98 Å². The zero-order valence-corrected chi connectivity index (χ0v) is 9.03. The van der Waals surface area contributed by atoms with Gasteiger partial charge in [0.25, 0.3) is 0 Å². The first kappa shape index (κ1) is 10.0. The number of hydrogen-bond donors (Lipinski definition) is 0. The molecule has 1 aromatic heterocycles. The SMILES string of the molecule is CCC(Cl)C(C)Cc1nccs1. The molecule has 1 heterocycles. The lowest BCUT2D eigenvalue weighted by molar-refractivity contribution is 0.530. The van der Waals surface area contributed by atoms with Crippen LogP contribution in [0.2, 0.25) is 0 Å². The molecular formula is C9H14ClNS. The number of alkyl halides is 1. The van der Waals surface area contributed by atoms with E-state index in [9.17, 15) is 0 Å². The van der Waals surface area contributed by atoms with E-state index in [1.807, 2.05) is 11.6 Å². The smallest absolute Gasteiger partial charge is 0.0927 e. The van der Waals surface area contributed by atoms with Gasteiger partial charge < -0.3 is 0 Å². The van der Waals surface area contributed by atoms with E-state index in [1.54, 1.807) is 11.3 Å². The average molecular weight is 204 g/mol. The average Bonchev–Trinajstić information content (AvgIpc) is 2.55. The maximum absolute atomic E-state index is 6.11. The van der Waals surface area contributed by atoms with Gasteiger partial charge in [-0.1, -0.05) is 13.8 Å². The van der Waals surface area contributed by atoms with E-state index in [0.29, 0.717) is 5.92 Å². The fraction of sp³-hybridized carbons (Fsp3) is 0.667. The second-order valence-electron chi connectivity index (χ2n) is 3.03. The second-order valence-corrected chi connectivity index (χ2v) is 4.57. The van der Waals surface area contributed by atoms with Crippen molar-refractivity contribution >= 4 is 22.9 Å². The Hall–Kier alpha value is -0.0800. The Balaban J connectivity index is 2.41. The zero-order valence-electron chi connectivity index (χ0n) is 7.46. The predicted molar refractivity (Wildman–Crippen MR) is 54.9 cm³/mol. The van der Waals surface area contributed by atoms with Gasteiger partial charge in [-0.05, 0) is 12.3 Å². The van der Waals surface area contributed by atoms with Crippen molar-refractivity contribution in [3.63, 3.8) is 0 Å². The molecule has 1 nitrogen and oxygen atoms in total. The van der Waals surface area contributed by atoms with Crippen molar-refractivity contribution in [2.75, 3.05) is 0 Å². The van der Waals surface area contributed by atoms with Crippen molar-refractivity contribution in [3.8, 4) is 0 Å². The summed E-state index contributed by atoms with van der Waals surface area (Å²) in [4.78, 5) is 4.23. The van der Waals surface area contributed by atoms with Crippen molar-refractivity contribution in [3.05, 3.63) is 16.6 Å². The first-order chi connectivity index (χ1) is 5.74. The number of nitrogens with zero attached hydrogens (tertiary/aromatic N) is 1. The Morgan fingerprint density at radius 1 is 1.67 bits per heavy atom. The lowest BCUT2D eigenvalue weighted by Crippen LogP contribution is -2.12. The summed E-state index contributed by atoms with van der Waals surface area (Å²) in [7, 11) is 0. The first-order valence-electron chi connectivity index (χ1n) is 4.26. The molecule has 0 fully saturated rings. The van der Waals surface area contributed by atoms with Gasteiger partial charge in [-0.25, -0.2) is 4.98 Å². The molecule has 0 saturated heterocycles. The third-order valence-corrected chi connectivity index (χ3v) is 3.53. The lowest BCUT2D eigenvalue weighted by atomic mass is 10.0. The molecule has 0 amide bonds. The van der Waals surface area contributed by atoms with Gasteiger partial charge in [-0.15, -0.1) is 22.9 Å². The molecule has 1 rings (SSSR count). The second kappa shape index (κ2) is 4.83. The Labute approximate surface area is 82.8 Å². The number of halogens is 1. The van der Waals surface area contributed by atoms with Crippen LogP contribution in [0.5, 0.6) is 0 Å². The summed E-state index contributed by atoms with van der Waals surface area (Å²) in [6, 6.07) is 0. The quantitative estimate of drug-likeness (QED) is 0.685. The van der Waals surface area contributed by atoms with Gasteiger partial charge in [0.15, 0.2) is 0 Å². The van der Waals surface area contributed by atoms with Crippen LogP contribution >= 0.6 is 22.9 Å². The van der Waals surface area contributed by atoms with Crippen LogP contribution in [0.1, 0.15) is 25.3 Å². The molecule has 0 spiro atoms. The summed E-state index contributed by atoms with van der Waals surface area (Å²) in [6.07, 6.45) is 3.90. The van der Waals surface area contributed by atoms with Crippen molar-refractivity contribution < 1.29 is 0 Å². The molecule has 3 heteroatoms. The molecule has 2 atom stereocenters. The minimum atomic E-state index is 0.286. The third-order valence-electron chi connectivity index (χ3n) is 1.99. The van der Waals surface area contributed by atoms with Crippen LogP contribution < -0.4 is 0 Å². The van der Waals surface area contributed by atoms with Crippen molar-refractivity contribution in [2.24, 2.45) is 5.92 Å². The zero-order chi connectivity index (χ0) is 8.97. The van der Waals surface area contributed by atoms with Crippen LogP contribution in [0.3, 0.4) is 0 Å². The molecule has 0 aliphatic heterocycles. The topological polar surface area (TPSA) is 12.9 Å². The molecule has 68 valence electrons. The Kier molecular flexibility index (Phi) is 4.02. The van der Waals surface area contributed by atoms with Crippen LogP contribution in [0.4, 0.5) is 0 Å². The molecule has 0 aliphatic carbocycles. The molecule has 0 bridgehead atoms. The highest BCUT2D eigenvalue weighted by atomic mass is 35.5. The van der Waals surface area contributed by atoms with E-state index in [2.05, 4.69) is 18.8 Å². The Bertz CT molecular complexity index is 210. The Morgan fingerprint density at radius 2 is 2.42 bits per heavy atom. The van der Waals surface area contributed by atoms with Gasteiger partial charge in [0.05, 0.1) is 5.01 Å². The standard InChI is InChI=1S/C9H14ClNS/c1-3-8(10)7(2)6-9-11-4-5-12-9/h4-5,7-8H,3,6H2,1-2H3. The minimum Gasteiger partial charge on any atom is -0.250 e. The first-order valence-corrected chi connectivity index (χ1v) is 5.58. The maximum atomic E-state index is 6.11. The van der Waals surface area contributed by atoms with E-state index in [-0.39, 0.29) is 5.38 Å². The molecule has 0 N–H and O–H groups in total. The van der Waals surface area contributed by atoms with Gasteiger partial charge in [0, 0.05) is 23.4 Å². The summed E-state index contributed by atoms with van der Waals surface area (Å²) < 4.78 is 0. The third kappa shape index (κ3) is 2.76. The fourth-order valence-corrected chi connectivity index (χ4v) is 2.01. The lowest BCUT2D eigenvalue weighted by Gasteiger charge is -2.14. The van der Waals surface area contributed by atoms with Crippen LogP contribution in [-0.2, 0) is 6.42 Å². The number of hydrogen-bond acceptors (Lipinski definition) is 2. The molecule has 2 unspecified atom stereocenters. The molecule has 1 aromatic rings. The molecule has 0 aromatic carbocycles. The number of thiazole rings is 1. The van der Waals surface area contributed by atoms with Crippen LogP contribution in [0.25, 0.3) is 0 Å². The van der Waals surface area contributed by atoms with E-state index in [0.717, 1.165) is 12.8 Å². The molecular weight excluding hydrogens is 190 g/mol. The molecule has 0 radical (unpaired) electrons. The highest BCUT2D eigenvalue weighted by Crippen LogP contribution is 2.19. The van der Waals surface area contributed by atoms with Crippen molar-refractivity contribution in [1.29, 1.82) is 0 Å². The number of aromatic nitrogens is 1. The molecule has 12 heavy (non-hydrogen) atoms. The van der Waals surface area contributed by atoms with Gasteiger partial charge in [0.2, 0.25) is 0 Å². The number of rotatable bonds is 4. The minimum absolute atomic E-state index is 0.286. The van der Waals surface area contributed by atoms with Gasteiger partial charge >= 0.3 is 0 Å². The largest absolute Gasteiger partial charge is 0.250 e. The summed E-state index contributed by atoms with van der Waals surface area (Å²) >= 11 is 7.82. The van der Waals surface area contributed by atoms with Gasteiger partial charge in [-0.2, -0.15) is 0 Å². The highest BCUT2D eigenvalue weighted by Gasteiger charge is 2.13. The summed E-state index contributed by atoms with van der Waals surface area (Å²) in [5.74, 6) is 0.530. The van der Waals surface area contributed by atoms with Gasteiger partial charge in [-0.3, -0.25) is 0 Å². The van der Waals surface area contributed by atoms with Crippen molar-refractivity contribution in [2.45, 2.75) is 32.1 Å². The van der Waals surface area contributed by atoms with Crippen LogP contribution in [-0.4, -0.2) is 10.4 Å². The van der Waals surface area contributed by atoms with Crippen LogP contribution in [0.15, 0.2) is 11.6 Å². The highest BCUT2D eigenvalue weighted by molar-refractivity contribution is 7.09. The molecule has 0 aliphatic rings. The van der Waals surface area contributed by atoms with E-state index in [1.165, 1.54) is 5.01 Å². The van der Waals surface area contributed by atoms with E-state index >= 15 is 0 Å². The normalized spacial score (nSPS) is 15.9. The van der Waals surface area contributed by atoms with Crippen LogP contribution in [0, 0.1) is 5.92 Å². The maximum Gasteiger partial charge on any atom is 0.0927 e. The van der Waals surface area contributed by atoms with E-state index in [4.69, 9.17) is 11.6 Å². The fourth-order valence-electron chi connectivity index (χ4n) is 1.16. The molecule has 0 saturated carbocycles. The summed E-state index contributed by atoms with van der Waals surface area (Å²) in [5, 5.41) is 3.49. The Morgan fingerprint density at radius 3 is 2.92 bits per heavy atom. The monoisotopic (exact) mass is 203 g/mol. The summed E-state index contributed by atoms with van der Waals surface area (Å²) in [6.45, 7) is 4.30. The predicted octanol–water partition coefficient (Wildman–Crippen LogP) is 3.34. The van der Waals surface area contributed by atoms with E-state index < -0.39 is 0 Å². The summed E-state index contributed by atoms with van der Waals surface area (Å²) in [5.41, 5.74) is 0.